The minimum Gasteiger partial charge on any atom is -0.486 e. The Labute approximate surface area is 92.9 Å². The van der Waals surface area contributed by atoms with Gasteiger partial charge in [0.25, 0.3) is 0 Å². The number of anilines is 1. The Morgan fingerprint density at radius 3 is 2.56 bits per heavy atom. The van der Waals surface area contributed by atoms with Crippen molar-refractivity contribution < 1.29 is 14.3 Å². The van der Waals surface area contributed by atoms with Crippen LogP contribution in [-0.4, -0.2) is 25.6 Å². The molecule has 16 heavy (non-hydrogen) atoms. The molecule has 0 radical (unpaired) electrons. The van der Waals surface area contributed by atoms with Crippen LogP contribution in [0.3, 0.4) is 0 Å². The van der Waals surface area contributed by atoms with Gasteiger partial charge in [0.05, 0.1) is 7.11 Å². The number of carbonyl (C=O) groups is 1. The Kier molecular flexibility index (Phi) is 4.14. The maximum absolute atomic E-state index is 10.9. The Bertz CT molecular complexity index is 375. The predicted octanol–water partition coefficient (Wildman–Crippen LogP) is 1.18. The van der Waals surface area contributed by atoms with E-state index in [1.165, 1.54) is 7.11 Å². The van der Waals surface area contributed by atoms with Gasteiger partial charge in [-0.3, -0.25) is 10.7 Å². The summed E-state index contributed by atoms with van der Waals surface area (Å²) in [6.45, 7) is 0.0454. The van der Waals surface area contributed by atoms with E-state index in [0.717, 1.165) is 0 Å². The largest absolute Gasteiger partial charge is 0.486 e. The van der Waals surface area contributed by atoms with Gasteiger partial charge in [0.2, 0.25) is 0 Å². The zero-order valence-corrected chi connectivity index (χ0v) is 8.82. The number of ether oxygens (including phenoxy) is 2. The molecule has 0 atom stereocenters. The third kappa shape index (κ3) is 3.87. The van der Waals surface area contributed by atoms with Gasteiger partial charge in [-0.2, -0.15) is 0 Å². The first-order valence-corrected chi connectivity index (χ1v) is 4.52. The summed E-state index contributed by atoms with van der Waals surface area (Å²) in [4.78, 5) is 10.9. The van der Waals surface area contributed by atoms with Crippen LogP contribution >= 0.6 is 0 Å². The number of amides is 1. The molecule has 4 N–H and O–H groups in total. The average Bonchev–Trinajstić information content (AvgIpc) is 2.28. The van der Waals surface area contributed by atoms with Gasteiger partial charge in [0.15, 0.2) is 0 Å². The van der Waals surface area contributed by atoms with Crippen molar-refractivity contribution in [3.63, 3.8) is 0 Å². The van der Waals surface area contributed by atoms with E-state index in [1.54, 1.807) is 24.3 Å². The highest BCUT2D eigenvalue weighted by atomic mass is 16.5. The lowest BCUT2D eigenvalue weighted by Crippen LogP contribution is -2.19. The molecule has 6 nitrogen and oxygen atoms in total. The Hall–Kier alpha value is -2.24. The number of rotatable bonds is 4. The molecule has 0 aliphatic carbocycles. The molecule has 0 saturated carbocycles. The molecule has 0 bridgehead atoms. The van der Waals surface area contributed by atoms with Gasteiger partial charge < -0.3 is 15.2 Å². The third-order valence-corrected chi connectivity index (χ3v) is 1.68. The van der Waals surface area contributed by atoms with Gasteiger partial charge in [0.1, 0.15) is 18.2 Å². The Balaban J connectivity index is 2.54. The van der Waals surface area contributed by atoms with Crippen LogP contribution in [0.4, 0.5) is 10.5 Å². The molecule has 0 spiro atoms. The number of amidine groups is 1. The van der Waals surface area contributed by atoms with Crippen molar-refractivity contribution in [2.45, 2.75) is 0 Å². The second-order valence-electron chi connectivity index (χ2n) is 2.95. The van der Waals surface area contributed by atoms with Gasteiger partial charge in [-0.05, 0) is 24.3 Å². The van der Waals surface area contributed by atoms with E-state index in [2.05, 4.69) is 10.1 Å². The van der Waals surface area contributed by atoms with Crippen molar-refractivity contribution in [2.24, 2.45) is 5.73 Å². The predicted molar refractivity (Wildman–Crippen MR) is 59.9 cm³/mol. The van der Waals surface area contributed by atoms with Crippen LogP contribution in [0.1, 0.15) is 0 Å². The molecular weight excluding hydrogens is 210 g/mol. The number of methoxy groups -OCH3 is 1. The van der Waals surface area contributed by atoms with Crippen molar-refractivity contribution in [2.75, 3.05) is 19.0 Å². The van der Waals surface area contributed by atoms with E-state index in [1.807, 2.05) is 0 Å². The second-order valence-corrected chi connectivity index (χ2v) is 2.95. The van der Waals surface area contributed by atoms with E-state index in [-0.39, 0.29) is 12.4 Å². The smallest absolute Gasteiger partial charge is 0.411 e. The zero-order valence-electron chi connectivity index (χ0n) is 8.82. The molecule has 1 amide bonds. The van der Waals surface area contributed by atoms with Crippen LogP contribution in [0.5, 0.6) is 5.75 Å². The molecular formula is C10H13N3O3. The van der Waals surface area contributed by atoms with Crippen LogP contribution in [0.15, 0.2) is 24.3 Å². The molecule has 6 heteroatoms. The molecule has 86 valence electrons. The minimum atomic E-state index is -0.530. The van der Waals surface area contributed by atoms with E-state index in [0.29, 0.717) is 11.4 Å². The van der Waals surface area contributed by atoms with Crippen LogP contribution in [0.2, 0.25) is 0 Å². The highest BCUT2D eigenvalue weighted by molar-refractivity contribution is 5.84. The molecule has 1 aromatic carbocycles. The lowest BCUT2D eigenvalue weighted by molar-refractivity contribution is 0.187. The quantitative estimate of drug-likeness (QED) is 0.527. The summed E-state index contributed by atoms with van der Waals surface area (Å²) in [6, 6.07) is 6.64. The highest BCUT2D eigenvalue weighted by Crippen LogP contribution is 2.15. The van der Waals surface area contributed by atoms with Gasteiger partial charge in [0, 0.05) is 5.69 Å². The fraction of sp³-hybridized carbons (Fsp3) is 0.200. The van der Waals surface area contributed by atoms with Crippen molar-refractivity contribution in [1.82, 2.24) is 0 Å². The molecule has 0 aliphatic heterocycles. The lowest BCUT2D eigenvalue weighted by Gasteiger charge is -2.06. The summed E-state index contributed by atoms with van der Waals surface area (Å²) in [5.41, 5.74) is 5.74. The number of carbonyl (C=O) groups excluding carboxylic acids is 1. The molecule has 0 aliphatic rings. The maximum atomic E-state index is 10.9. The standard InChI is InChI=1S/C10H13N3O3/c1-15-10(14)13-7-2-4-8(5-3-7)16-6-9(11)12/h2-5H,6H2,1H3,(H3,11,12)(H,13,14). The molecule has 0 saturated heterocycles. The summed E-state index contributed by atoms with van der Waals surface area (Å²) in [6.07, 6.45) is -0.530. The first-order valence-electron chi connectivity index (χ1n) is 4.52. The Morgan fingerprint density at radius 2 is 2.06 bits per heavy atom. The molecule has 0 fully saturated rings. The van der Waals surface area contributed by atoms with Crippen LogP contribution in [-0.2, 0) is 4.74 Å². The first-order chi connectivity index (χ1) is 7.61. The van der Waals surface area contributed by atoms with Gasteiger partial charge in [-0.15, -0.1) is 0 Å². The van der Waals surface area contributed by atoms with Gasteiger partial charge >= 0.3 is 6.09 Å². The first kappa shape index (κ1) is 11.8. The Morgan fingerprint density at radius 1 is 1.44 bits per heavy atom. The number of nitrogens with two attached hydrogens (primary N) is 1. The van der Waals surface area contributed by atoms with Crippen LogP contribution in [0.25, 0.3) is 0 Å². The van der Waals surface area contributed by atoms with Gasteiger partial charge in [-0.25, -0.2) is 4.79 Å². The summed E-state index contributed by atoms with van der Waals surface area (Å²) in [5.74, 6) is 0.530. The number of nitrogens with one attached hydrogen (secondary N) is 2. The van der Waals surface area contributed by atoms with E-state index in [4.69, 9.17) is 15.9 Å². The topological polar surface area (TPSA) is 97.4 Å². The SMILES string of the molecule is COC(=O)Nc1ccc(OCC(=N)N)cc1. The molecule has 1 rings (SSSR count). The molecule has 1 aromatic rings. The van der Waals surface area contributed by atoms with E-state index in [9.17, 15) is 4.79 Å². The summed E-state index contributed by atoms with van der Waals surface area (Å²) in [5, 5.41) is 9.48. The maximum Gasteiger partial charge on any atom is 0.411 e. The van der Waals surface area contributed by atoms with Crippen molar-refractivity contribution >= 4 is 17.6 Å². The monoisotopic (exact) mass is 223 g/mol. The van der Waals surface area contributed by atoms with E-state index >= 15 is 0 Å². The van der Waals surface area contributed by atoms with Crippen molar-refractivity contribution in [3.05, 3.63) is 24.3 Å². The molecule has 0 aromatic heterocycles. The van der Waals surface area contributed by atoms with Crippen LogP contribution < -0.4 is 15.8 Å². The van der Waals surface area contributed by atoms with Gasteiger partial charge in [-0.1, -0.05) is 0 Å². The van der Waals surface area contributed by atoms with Crippen molar-refractivity contribution in [3.8, 4) is 5.75 Å². The normalized spacial score (nSPS) is 9.31. The summed E-state index contributed by atoms with van der Waals surface area (Å²) in [7, 11) is 1.29. The van der Waals surface area contributed by atoms with Crippen molar-refractivity contribution in [1.29, 1.82) is 5.41 Å². The van der Waals surface area contributed by atoms with E-state index < -0.39 is 6.09 Å². The number of hydrogen-bond acceptors (Lipinski definition) is 4. The van der Waals surface area contributed by atoms with Crippen LogP contribution in [0, 0.1) is 5.41 Å². The fourth-order valence-electron chi connectivity index (χ4n) is 0.964. The number of benzene rings is 1. The molecule has 0 unspecified atom stereocenters. The summed E-state index contributed by atoms with van der Waals surface area (Å²) < 4.78 is 9.60. The number of hydrogen-bond donors (Lipinski definition) is 3. The summed E-state index contributed by atoms with van der Waals surface area (Å²) >= 11 is 0. The molecule has 0 heterocycles. The highest BCUT2D eigenvalue weighted by Gasteiger charge is 2.00. The average molecular weight is 223 g/mol. The lowest BCUT2D eigenvalue weighted by atomic mass is 10.3. The third-order valence-electron chi connectivity index (χ3n) is 1.68. The second kappa shape index (κ2) is 5.59. The zero-order chi connectivity index (χ0) is 12.0. The fourth-order valence-corrected chi connectivity index (χ4v) is 0.964. The minimum absolute atomic E-state index is 0.0447.